The first-order valence-electron chi connectivity index (χ1n) is 8.19. The summed E-state index contributed by atoms with van der Waals surface area (Å²) in [5.41, 5.74) is 1.20. The molecule has 2 atom stereocenters. The van der Waals surface area contributed by atoms with E-state index in [0.717, 1.165) is 13.0 Å². The van der Waals surface area contributed by atoms with Crippen LogP contribution in [0, 0.1) is 0 Å². The number of hydrogen-bond donors (Lipinski definition) is 1. The van der Waals surface area contributed by atoms with Crippen molar-refractivity contribution < 1.29 is 4.74 Å². The predicted octanol–water partition coefficient (Wildman–Crippen LogP) is 2.70. The van der Waals surface area contributed by atoms with Gasteiger partial charge in [-0.1, -0.05) is 12.8 Å². The first-order valence-corrected chi connectivity index (χ1v) is 8.19. The summed E-state index contributed by atoms with van der Waals surface area (Å²) in [5, 5.41) is 8.22. The molecule has 4 heteroatoms. The molecule has 0 bridgehead atoms. The summed E-state index contributed by atoms with van der Waals surface area (Å²) in [6.45, 7) is 0.916. The van der Waals surface area contributed by atoms with Crippen LogP contribution in [-0.2, 0) is 11.2 Å². The van der Waals surface area contributed by atoms with Crippen LogP contribution in [0.25, 0.3) is 0 Å². The third-order valence-corrected chi connectivity index (χ3v) is 4.83. The van der Waals surface area contributed by atoms with Crippen LogP contribution < -0.4 is 5.32 Å². The van der Waals surface area contributed by atoms with E-state index in [1.54, 1.807) is 0 Å². The maximum atomic E-state index is 5.91. The normalized spacial score (nSPS) is 25.9. The van der Waals surface area contributed by atoms with Gasteiger partial charge in [0.15, 0.2) is 0 Å². The minimum absolute atomic E-state index is 0.352. The number of rotatable bonds is 5. The Morgan fingerprint density at radius 1 is 1.30 bits per heavy atom. The summed E-state index contributed by atoms with van der Waals surface area (Å²) in [7, 11) is 2.04. The van der Waals surface area contributed by atoms with Gasteiger partial charge in [0.05, 0.1) is 17.8 Å². The highest BCUT2D eigenvalue weighted by molar-refractivity contribution is 5.04. The fraction of sp³-hybridized carbons (Fsp3) is 0.812. The van der Waals surface area contributed by atoms with Crippen molar-refractivity contribution in [1.82, 2.24) is 15.1 Å². The molecular formula is C16H27N3O. The Kier molecular flexibility index (Phi) is 4.73. The van der Waals surface area contributed by atoms with E-state index in [1.807, 2.05) is 7.05 Å². The van der Waals surface area contributed by atoms with Crippen molar-refractivity contribution in [2.45, 2.75) is 69.6 Å². The molecule has 1 aliphatic heterocycles. The van der Waals surface area contributed by atoms with Crippen LogP contribution in [0.4, 0.5) is 0 Å². The molecule has 0 spiro atoms. The van der Waals surface area contributed by atoms with Crippen molar-refractivity contribution in [1.29, 1.82) is 0 Å². The first kappa shape index (κ1) is 14.1. The largest absolute Gasteiger partial charge is 0.377 e. The summed E-state index contributed by atoms with van der Waals surface area (Å²) >= 11 is 0. The lowest BCUT2D eigenvalue weighted by Gasteiger charge is -2.29. The van der Waals surface area contributed by atoms with E-state index in [2.05, 4.69) is 22.3 Å². The smallest absolute Gasteiger partial charge is 0.0731 e. The number of hydrogen-bond acceptors (Lipinski definition) is 3. The molecule has 2 heterocycles. The van der Waals surface area contributed by atoms with Gasteiger partial charge in [-0.05, 0) is 45.2 Å². The minimum atomic E-state index is 0.352. The fourth-order valence-corrected chi connectivity index (χ4v) is 3.59. The van der Waals surface area contributed by atoms with Gasteiger partial charge in [-0.15, -0.1) is 0 Å². The van der Waals surface area contributed by atoms with Gasteiger partial charge in [0, 0.05) is 25.3 Å². The highest BCUT2D eigenvalue weighted by Crippen LogP contribution is 2.29. The van der Waals surface area contributed by atoms with Crippen LogP contribution in [0.15, 0.2) is 12.3 Å². The predicted molar refractivity (Wildman–Crippen MR) is 79.9 cm³/mol. The molecule has 2 aliphatic rings. The van der Waals surface area contributed by atoms with E-state index in [9.17, 15) is 0 Å². The number of aromatic nitrogens is 2. The van der Waals surface area contributed by atoms with Crippen LogP contribution in [0.1, 0.15) is 56.7 Å². The molecule has 2 unspecified atom stereocenters. The molecule has 0 aromatic carbocycles. The lowest BCUT2D eigenvalue weighted by Crippen LogP contribution is -2.42. The summed E-state index contributed by atoms with van der Waals surface area (Å²) in [6, 6.07) is 3.22. The van der Waals surface area contributed by atoms with E-state index in [0.29, 0.717) is 18.2 Å². The van der Waals surface area contributed by atoms with Gasteiger partial charge in [-0.2, -0.15) is 5.10 Å². The van der Waals surface area contributed by atoms with Crippen LogP contribution in [0.5, 0.6) is 0 Å². The van der Waals surface area contributed by atoms with E-state index in [4.69, 9.17) is 9.84 Å². The zero-order valence-corrected chi connectivity index (χ0v) is 12.6. The highest BCUT2D eigenvalue weighted by atomic mass is 16.5. The quantitative estimate of drug-likeness (QED) is 0.899. The second kappa shape index (κ2) is 6.72. The minimum Gasteiger partial charge on any atom is -0.377 e. The van der Waals surface area contributed by atoms with E-state index in [1.165, 1.54) is 50.6 Å². The highest BCUT2D eigenvalue weighted by Gasteiger charge is 2.24. The molecular weight excluding hydrogens is 250 g/mol. The standard InChI is InChI=1S/C16H27N3O/c1-17-15(16-8-4-5-11-20-16)12-13-9-10-19(18-13)14-6-2-3-7-14/h9-10,14-17H,2-8,11-12H2,1H3. The van der Waals surface area contributed by atoms with Crippen LogP contribution in [0.3, 0.4) is 0 Å². The van der Waals surface area contributed by atoms with Gasteiger partial charge < -0.3 is 10.1 Å². The molecule has 1 N–H and O–H groups in total. The van der Waals surface area contributed by atoms with Gasteiger partial charge >= 0.3 is 0 Å². The maximum Gasteiger partial charge on any atom is 0.0731 e. The van der Waals surface area contributed by atoms with Crippen molar-refractivity contribution in [2.24, 2.45) is 0 Å². The molecule has 1 aromatic rings. The third kappa shape index (κ3) is 3.23. The van der Waals surface area contributed by atoms with Gasteiger partial charge in [-0.25, -0.2) is 0 Å². The Morgan fingerprint density at radius 2 is 2.10 bits per heavy atom. The van der Waals surface area contributed by atoms with Crippen molar-refractivity contribution >= 4 is 0 Å². The summed E-state index contributed by atoms with van der Waals surface area (Å²) in [4.78, 5) is 0. The molecule has 0 radical (unpaired) electrons. The van der Waals surface area contributed by atoms with Crippen molar-refractivity contribution in [3.8, 4) is 0 Å². The molecule has 1 saturated carbocycles. The molecule has 1 aliphatic carbocycles. The Bertz CT molecular complexity index is 406. The van der Waals surface area contributed by atoms with E-state index >= 15 is 0 Å². The lowest BCUT2D eigenvalue weighted by molar-refractivity contribution is -0.00608. The Labute approximate surface area is 121 Å². The number of nitrogens with one attached hydrogen (secondary N) is 1. The van der Waals surface area contributed by atoms with Crippen molar-refractivity contribution in [3.05, 3.63) is 18.0 Å². The zero-order chi connectivity index (χ0) is 13.8. The first-order chi connectivity index (χ1) is 9.86. The number of ether oxygens (including phenoxy) is 1. The molecule has 3 rings (SSSR count). The Hall–Kier alpha value is -0.870. The third-order valence-electron chi connectivity index (χ3n) is 4.83. The SMILES string of the molecule is CNC(Cc1ccn(C2CCCC2)n1)C1CCCCO1. The molecule has 112 valence electrons. The lowest BCUT2D eigenvalue weighted by atomic mass is 9.98. The van der Waals surface area contributed by atoms with Gasteiger partial charge in [0.1, 0.15) is 0 Å². The van der Waals surface area contributed by atoms with Crippen LogP contribution in [0.2, 0.25) is 0 Å². The molecule has 2 fully saturated rings. The van der Waals surface area contributed by atoms with Crippen molar-refractivity contribution in [2.75, 3.05) is 13.7 Å². The van der Waals surface area contributed by atoms with Crippen LogP contribution in [-0.4, -0.2) is 35.6 Å². The summed E-state index contributed by atoms with van der Waals surface area (Å²) < 4.78 is 8.10. The Morgan fingerprint density at radius 3 is 2.80 bits per heavy atom. The molecule has 0 amide bonds. The van der Waals surface area contributed by atoms with Crippen molar-refractivity contribution in [3.63, 3.8) is 0 Å². The average molecular weight is 277 g/mol. The van der Waals surface area contributed by atoms with E-state index < -0.39 is 0 Å². The molecule has 4 nitrogen and oxygen atoms in total. The molecule has 20 heavy (non-hydrogen) atoms. The summed E-state index contributed by atoms with van der Waals surface area (Å²) in [6.07, 6.45) is 12.5. The second-order valence-electron chi connectivity index (χ2n) is 6.23. The molecule has 1 saturated heterocycles. The zero-order valence-electron chi connectivity index (χ0n) is 12.6. The Balaban J connectivity index is 1.60. The van der Waals surface area contributed by atoms with E-state index in [-0.39, 0.29) is 0 Å². The second-order valence-corrected chi connectivity index (χ2v) is 6.23. The fourth-order valence-electron chi connectivity index (χ4n) is 3.59. The van der Waals surface area contributed by atoms with Gasteiger partial charge in [0.25, 0.3) is 0 Å². The average Bonchev–Trinajstić information content (AvgIpc) is 3.16. The van der Waals surface area contributed by atoms with Gasteiger partial charge in [0.2, 0.25) is 0 Å². The monoisotopic (exact) mass is 277 g/mol. The topological polar surface area (TPSA) is 39.1 Å². The molecule has 1 aromatic heterocycles. The maximum absolute atomic E-state index is 5.91. The van der Waals surface area contributed by atoms with Crippen LogP contribution >= 0.6 is 0 Å². The number of nitrogens with zero attached hydrogens (tertiary/aromatic N) is 2. The summed E-state index contributed by atoms with van der Waals surface area (Å²) in [5.74, 6) is 0. The van der Waals surface area contributed by atoms with Gasteiger partial charge in [-0.3, -0.25) is 4.68 Å². The number of likely N-dealkylation sites (N-methyl/N-ethyl adjacent to an activating group) is 1.